The molecule has 0 spiro atoms. The third kappa shape index (κ3) is 2.85. The lowest BCUT2D eigenvalue weighted by atomic mass is 9.81. The zero-order valence-corrected chi connectivity index (χ0v) is 14.6. The lowest BCUT2D eigenvalue weighted by Gasteiger charge is -2.29. The van der Waals surface area contributed by atoms with E-state index in [1.54, 1.807) is 0 Å². The lowest BCUT2D eigenvalue weighted by Crippen LogP contribution is -2.20. The number of hydrogen-bond acceptors (Lipinski definition) is 2. The van der Waals surface area contributed by atoms with E-state index >= 15 is 0 Å². The molecule has 0 bridgehead atoms. The highest BCUT2D eigenvalue weighted by atomic mass is 16.3. The summed E-state index contributed by atoms with van der Waals surface area (Å²) < 4.78 is 0. The second-order valence-electron chi connectivity index (χ2n) is 6.79. The van der Waals surface area contributed by atoms with E-state index in [-0.39, 0.29) is 6.04 Å². The number of hydrogen-bond donors (Lipinski definition) is 1. The quantitative estimate of drug-likeness (QED) is 0.848. The summed E-state index contributed by atoms with van der Waals surface area (Å²) in [7, 11) is 4.13. The Morgan fingerprint density at radius 1 is 0.750 bits per heavy atom. The van der Waals surface area contributed by atoms with Crippen molar-refractivity contribution in [2.45, 2.75) is 66.3 Å². The molecule has 0 saturated heterocycles. The molecule has 1 atom stereocenters. The Balaban J connectivity index is 3.76. The summed E-state index contributed by atoms with van der Waals surface area (Å²) >= 11 is 0. The van der Waals surface area contributed by atoms with Gasteiger partial charge in [0.15, 0.2) is 0 Å². The van der Waals surface area contributed by atoms with Gasteiger partial charge in [-0.1, -0.05) is 27.7 Å². The molecule has 2 heteroatoms. The van der Waals surface area contributed by atoms with Crippen molar-refractivity contribution in [1.82, 2.24) is 4.90 Å². The van der Waals surface area contributed by atoms with Crippen molar-refractivity contribution < 1.29 is 5.11 Å². The summed E-state index contributed by atoms with van der Waals surface area (Å²) in [5.74, 6) is 1.31. The first-order valence-corrected chi connectivity index (χ1v) is 7.63. The smallest absolute Gasteiger partial charge is 0.124 e. The summed E-state index contributed by atoms with van der Waals surface area (Å²) in [6, 6.07) is 0.214. The van der Waals surface area contributed by atoms with Gasteiger partial charge >= 0.3 is 0 Å². The zero-order chi connectivity index (χ0) is 15.8. The van der Waals surface area contributed by atoms with Crippen LogP contribution in [0.1, 0.15) is 80.3 Å². The molecule has 0 fully saturated rings. The summed E-state index contributed by atoms with van der Waals surface area (Å²) in [5, 5.41) is 10.8. The Morgan fingerprint density at radius 3 is 1.50 bits per heavy atom. The minimum absolute atomic E-state index is 0.214. The molecule has 20 heavy (non-hydrogen) atoms. The normalized spacial score (nSPS) is 13.6. The Kier molecular flexibility index (Phi) is 5.26. The summed E-state index contributed by atoms with van der Waals surface area (Å²) in [4.78, 5) is 2.16. The fourth-order valence-electron chi connectivity index (χ4n) is 3.41. The molecule has 1 aromatic carbocycles. The van der Waals surface area contributed by atoms with E-state index < -0.39 is 0 Å². The van der Waals surface area contributed by atoms with Crippen molar-refractivity contribution in [3.63, 3.8) is 0 Å². The van der Waals surface area contributed by atoms with E-state index in [1.807, 2.05) is 0 Å². The minimum Gasteiger partial charge on any atom is -0.507 e. The van der Waals surface area contributed by atoms with Crippen LogP contribution in [0.5, 0.6) is 5.75 Å². The van der Waals surface area contributed by atoms with E-state index in [0.29, 0.717) is 17.6 Å². The second kappa shape index (κ2) is 6.17. The molecule has 0 amide bonds. The van der Waals surface area contributed by atoms with Gasteiger partial charge in [-0.3, -0.25) is 0 Å². The third-order valence-corrected chi connectivity index (χ3v) is 4.47. The molecule has 1 N–H and O–H groups in total. The molecule has 1 rings (SSSR count). The van der Waals surface area contributed by atoms with Crippen LogP contribution in [0.25, 0.3) is 0 Å². The Labute approximate surface area is 124 Å². The number of rotatable bonds is 4. The van der Waals surface area contributed by atoms with Gasteiger partial charge in [0.25, 0.3) is 0 Å². The standard InChI is InChI=1S/C18H31NO/c1-10(2)15-12(5)16(11(3)4)18(20)17(13(15)6)14(7)19(8)9/h10-11,14,20H,1-9H3. The van der Waals surface area contributed by atoms with Gasteiger partial charge in [-0.2, -0.15) is 0 Å². The van der Waals surface area contributed by atoms with Crippen LogP contribution >= 0.6 is 0 Å². The lowest BCUT2D eigenvalue weighted by molar-refractivity contribution is 0.309. The molecule has 1 unspecified atom stereocenters. The molecule has 0 aliphatic rings. The SMILES string of the molecule is Cc1c(C(C)C)c(C)c(C(C)N(C)C)c(O)c1C(C)C. The van der Waals surface area contributed by atoms with Crippen LogP contribution in [-0.4, -0.2) is 24.1 Å². The summed E-state index contributed by atoms with van der Waals surface area (Å²) in [6.45, 7) is 15.3. The minimum atomic E-state index is 0.214. The molecule has 0 radical (unpaired) electrons. The van der Waals surface area contributed by atoms with Crippen LogP contribution < -0.4 is 0 Å². The topological polar surface area (TPSA) is 23.5 Å². The monoisotopic (exact) mass is 277 g/mol. The number of phenolic OH excluding ortho intramolecular Hbond substituents is 1. The molecular formula is C18H31NO. The predicted molar refractivity (Wildman–Crippen MR) is 87.9 cm³/mol. The average Bonchev–Trinajstić information content (AvgIpc) is 2.26. The van der Waals surface area contributed by atoms with Gasteiger partial charge in [0.1, 0.15) is 5.75 Å². The van der Waals surface area contributed by atoms with Gasteiger partial charge < -0.3 is 10.0 Å². The number of phenols is 1. The number of nitrogens with zero attached hydrogens (tertiary/aromatic N) is 1. The largest absolute Gasteiger partial charge is 0.507 e. The first-order chi connectivity index (χ1) is 9.11. The molecule has 2 nitrogen and oxygen atoms in total. The molecular weight excluding hydrogens is 246 g/mol. The Bertz CT molecular complexity index is 452. The second-order valence-corrected chi connectivity index (χ2v) is 6.79. The van der Waals surface area contributed by atoms with Gasteiger partial charge in [0.2, 0.25) is 0 Å². The van der Waals surface area contributed by atoms with Crippen LogP contribution in [0.4, 0.5) is 0 Å². The van der Waals surface area contributed by atoms with E-state index in [2.05, 4.69) is 67.5 Å². The molecule has 114 valence electrons. The van der Waals surface area contributed by atoms with Crippen molar-refractivity contribution in [2.75, 3.05) is 14.1 Å². The summed E-state index contributed by atoms with van der Waals surface area (Å²) in [5.41, 5.74) is 6.12. The fourth-order valence-corrected chi connectivity index (χ4v) is 3.41. The van der Waals surface area contributed by atoms with Crippen LogP contribution in [0.2, 0.25) is 0 Å². The first kappa shape index (κ1) is 17.0. The van der Waals surface area contributed by atoms with Crippen molar-refractivity contribution in [2.24, 2.45) is 0 Å². The van der Waals surface area contributed by atoms with Crippen molar-refractivity contribution >= 4 is 0 Å². The Morgan fingerprint density at radius 2 is 1.15 bits per heavy atom. The van der Waals surface area contributed by atoms with E-state index in [4.69, 9.17) is 0 Å². The first-order valence-electron chi connectivity index (χ1n) is 7.63. The van der Waals surface area contributed by atoms with Gasteiger partial charge in [-0.15, -0.1) is 0 Å². The maximum absolute atomic E-state index is 10.8. The highest BCUT2D eigenvalue weighted by molar-refractivity contribution is 5.57. The van der Waals surface area contributed by atoms with Crippen LogP contribution in [-0.2, 0) is 0 Å². The Hall–Kier alpha value is -1.02. The zero-order valence-electron chi connectivity index (χ0n) is 14.6. The number of aromatic hydroxyl groups is 1. The predicted octanol–water partition coefficient (Wildman–Crippen LogP) is 4.88. The van der Waals surface area contributed by atoms with Crippen molar-refractivity contribution in [1.29, 1.82) is 0 Å². The molecule has 0 aliphatic heterocycles. The van der Waals surface area contributed by atoms with E-state index in [0.717, 1.165) is 11.1 Å². The van der Waals surface area contributed by atoms with Gasteiger partial charge in [0.05, 0.1) is 0 Å². The van der Waals surface area contributed by atoms with E-state index in [1.165, 1.54) is 16.7 Å². The third-order valence-electron chi connectivity index (χ3n) is 4.47. The van der Waals surface area contributed by atoms with Crippen LogP contribution in [0, 0.1) is 13.8 Å². The van der Waals surface area contributed by atoms with Crippen LogP contribution in [0.15, 0.2) is 0 Å². The van der Waals surface area contributed by atoms with Gasteiger partial charge in [0, 0.05) is 11.6 Å². The van der Waals surface area contributed by atoms with Gasteiger partial charge in [-0.05, 0) is 69.0 Å². The molecule has 0 heterocycles. The molecule has 0 aromatic heterocycles. The number of benzene rings is 1. The van der Waals surface area contributed by atoms with Crippen LogP contribution in [0.3, 0.4) is 0 Å². The van der Waals surface area contributed by atoms with Crippen molar-refractivity contribution in [3.05, 3.63) is 27.8 Å². The fraction of sp³-hybridized carbons (Fsp3) is 0.667. The molecule has 0 saturated carbocycles. The average molecular weight is 277 g/mol. The molecule has 0 aliphatic carbocycles. The van der Waals surface area contributed by atoms with Crippen molar-refractivity contribution in [3.8, 4) is 5.75 Å². The maximum atomic E-state index is 10.8. The maximum Gasteiger partial charge on any atom is 0.124 e. The van der Waals surface area contributed by atoms with Gasteiger partial charge in [-0.25, -0.2) is 0 Å². The molecule has 1 aromatic rings. The highest BCUT2D eigenvalue weighted by Crippen LogP contribution is 2.43. The van der Waals surface area contributed by atoms with E-state index in [9.17, 15) is 5.11 Å². The highest BCUT2D eigenvalue weighted by Gasteiger charge is 2.25. The summed E-state index contributed by atoms with van der Waals surface area (Å²) in [6.07, 6.45) is 0.